The highest BCUT2D eigenvalue weighted by Gasteiger charge is 2.29. The Labute approximate surface area is 111 Å². The lowest BCUT2D eigenvalue weighted by molar-refractivity contribution is -0.127. The first kappa shape index (κ1) is 16.7. The van der Waals surface area contributed by atoms with E-state index in [1.54, 1.807) is 0 Å². The van der Waals surface area contributed by atoms with Crippen molar-refractivity contribution in [3.8, 4) is 0 Å². The van der Waals surface area contributed by atoms with E-state index >= 15 is 0 Å². The van der Waals surface area contributed by atoms with Crippen molar-refractivity contribution >= 4 is 18.3 Å². The highest BCUT2D eigenvalue weighted by molar-refractivity contribution is 5.86. The fourth-order valence-electron chi connectivity index (χ4n) is 2.39. The summed E-state index contributed by atoms with van der Waals surface area (Å²) < 4.78 is 0. The Balaban J connectivity index is 0.00000256. The van der Waals surface area contributed by atoms with E-state index in [4.69, 9.17) is 5.73 Å². The number of hydrogen-bond donors (Lipinski definition) is 2. The maximum atomic E-state index is 12.0. The van der Waals surface area contributed by atoms with Crippen LogP contribution >= 0.6 is 12.4 Å². The first-order valence-corrected chi connectivity index (χ1v) is 6.55. The molecule has 0 aromatic heterocycles. The molecule has 3 nitrogen and oxygen atoms in total. The quantitative estimate of drug-likeness (QED) is 0.818. The van der Waals surface area contributed by atoms with Crippen LogP contribution in [0.15, 0.2) is 0 Å². The second kappa shape index (κ2) is 7.22. The summed E-state index contributed by atoms with van der Waals surface area (Å²) in [6.45, 7) is 6.17. The molecule has 0 saturated heterocycles. The predicted molar refractivity (Wildman–Crippen MR) is 74.3 cm³/mol. The second-order valence-electron chi connectivity index (χ2n) is 5.60. The van der Waals surface area contributed by atoms with E-state index < -0.39 is 5.54 Å². The van der Waals surface area contributed by atoms with Crippen LogP contribution in [-0.2, 0) is 4.79 Å². The Morgan fingerprint density at radius 1 is 1.35 bits per heavy atom. The monoisotopic (exact) mass is 262 g/mol. The summed E-state index contributed by atoms with van der Waals surface area (Å²) in [5.74, 6) is 0.835. The number of nitrogens with one attached hydrogen (secondary N) is 1. The average molecular weight is 263 g/mol. The molecule has 1 unspecified atom stereocenters. The molecule has 3 N–H and O–H groups in total. The van der Waals surface area contributed by atoms with Crippen molar-refractivity contribution in [3.63, 3.8) is 0 Å². The van der Waals surface area contributed by atoms with Gasteiger partial charge in [0.2, 0.25) is 5.91 Å². The normalized spacial score (nSPS) is 27.8. The van der Waals surface area contributed by atoms with E-state index in [0.29, 0.717) is 6.04 Å². The van der Waals surface area contributed by atoms with Crippen molar-refractivity contribution in [2.24, 2.45) is 11.7 Å². The van der Waals surface area contributed by atoms with Crippen LogP contribution in [0.1, 0.15) is 59.3 Å². The second-order valence-corrected chi connectivity index (χ2v) is 5.60. The van der Waals surface area contributed by atoms with Crippen LogP contribution in [0, 0.1) is 5.92 Å². The third-order valence-corrected chi connectivity index (χ3v) is 3.64. The van der Waals surface area contributed by atoms with Gasteiger partial charge in [0.25, 0.3) is 0 Å². The Bertz CT molecular complexity index is 236. The van der Waals surface area contributed by atoms with Crippen LogP contribution < -0.4 is 11.1 Å². The molecular formula is C13H27ClN2O. The number of carbonyl (C=O) groups excluding carboxylic acids is 1. The smallest absolute Gasteiger partial charge is 0.240 e. The molecule has 1 aliphatic rings. The number of carbonyl (C=O) groups is 1. The zero-order chi connectivity index (χ0) is 12.2. The molecule has 0 spiro atoms. The fourth-order valence-corrected chi connectivity index (χ4v) is 2.39. The third kappa shape index (κ3) is 5.26. The molecule has 4 heteroatoms. The molecule has 0 aromatic rings. The van der Waals surface area contributed by atoms with Crippen molar-refractivity contribution in [2.45, 2.75) is 70.9 Å². The van der Waals surface area contributed by atoms with Gasteiger partial charge < -0.3 is 11.1 Å². The average Bonchev–Trinajstić information content (AvgIpc) is 2.21. The summed E-state index contributed by atoms with van der Waals surface area (Å²) in [6, 6.07) is 0.350. The van der Waals surface area contributed by atoms with Crippen molar-refractivity contribution in [1.82, 2.24) is 5.32 Å². The number of amides is 1. The van der Waals surface area contributed by atoms with Crippen LogP contribution in [0.4, 0.5) is 0 Å². The van der Waals surface area contributed by atoms with Crippen LogP contribution in [0.5, 0.6) is 0 Å². The number of nitrogens with two attached hydrogens (primary N) is 1. The molecule has 17 heavy (non-hydrogen) atoms. The van der Waals surface area contributed by atoms with Gasteiger partial charge in [0, 0.05) is 6.04 Å². The van der Waals surface area contributed by atoms with E-state index in [9.17, 15) is 4.79 Å². The van der Waals surface area contributed by atoms with Gasteiger partial charge in [0.1, 0.15) is 0 Å². The summed E-state index contributed by atoms with van der Waals surface area (Å²) in [4.78, 5) is 12.0. The number of rotatable bonds is 4. The molecule has 0 heterocycles. The topological polar surface area (TPSA) is 55.1 Å². The predicted octanol–water partition coefficient (Wildman–Crippen LogP) is 2.62. The van der Waals surface area contributed by atoms with Crippen LogP contribution in [-0.4, -0.2) is 17.5 Å². The van der Waals surface area contributed by atoms with Crippen molar-refractivity contribution in [2.75, 3.05) is 0 Å². The summed E-state index contributed by atoms with van der Waals surface area (Å²) >= 11 is 0. The van der Waals surface area contributed by atoms with Gasteiger partial charge in [0.05, 0.1) is 5.54 Å². The van der Waals surface area contributed by atoms with Gasteiger partial charge in [-0.05, 0) is 44.9 Å². The van der Waals surface area contributed by atoms with E-state index in [1.807, 2.05) is 6.92 Å². The lowest BCUT2D eigenvalue weighted by Crippen LogP contribution is -2.54. The van der Waals surface area contributed by atoms with Gasteiger partial charge >= 0.3 is 0 Å². The van der Waals surface area contributed by atoms with E-state index in [1.165, 1.54) is 12.8 Å². The van der Waals surface area contributed by atoms with Gasteiger partial charge in [-0.3, -0.25) is 4.79 Å². The summed E-state index contributed by atoms with van der Waals surface area (Å²) in [5, 5.41) is 3.10. The van der Waals surface area contributed by atoms with Gasteiger partial charge in [-0.25, -0.2) is 0 Å². The Morgan fingerprint density at radius 3 is 2.35 bits per heavy atom. The van der Waals surface area contributed by atoms with Crippen molar-refractivity contribution in [1.29, 1.82) is 0 Å². The molecule has 0 bridgehead atoms. The largest absolute Gasteiger partial charge is 0.352 e. The van der Waals surface area contributed by atoms with Gasteiger partial charge in [-0.2, -0.15) is 0 Å². The summed E-state index contributed by atoms with van der Waals surface area (Å²) in [7, 11) is 0. The number of hydrogen-bond acceptors (Lipinski definition) is 2. The van der Waals surface area contributed by atoms with Gasteiger partial charge in [-0.1, -0.05) is 20.3 Å². The molecule has 1 rings (SSSR count). The Hall–Kier alpha value is -0.280. The van der Waals surface area contributed by atoms with E-state index in [2.05, 4.69) is 19.2 Å². The van der Waals surface area contributed by atoms with Crippen LogP contribution in [0.3, 0.4) is 0 Å². The number of halogens is 1. The minimum Gasteiger partial charge on any atom is -0.352 e. The summed E-state index contributed by atoms with van der Waals surface area (Å²) in [6.07, 6.45) is 6.36. The first-order chi connectivity index (χ1) is 7.45. The first-order valence-electron chi connectivity index (χ1n) is 6.55. The standard InChI is InChI=1S/C13H26N2O.ClH/c1-4-9-13(3,14)12(16)15-11-7-5-10(2)6-8-11;/h10-11H,4-9,14H2,1-3H3,(H,15,16);1H. The van der Waals surface area contributed by atoms with Gasteiger partial charge in [-0.15, -0.1) is 12.4 Å². The van der Waals surface area contributed by atoms with Crippen molar-refractivity contribution in [3.05, 3.63) is 0 Å². The Kier molecular flexibility index (Phi) is 7.10. The molecule has 1 atom stereocenters. The van der Waals surface area contributed by atoms with E-state index in [0.717, 1.165) is 31.6 Å². The fraction of sp³-hybridized carbons (Fsp3) is 0.923. The lowest BCUT2D eigenvalue weighted by atomic mass is 9.86. The van der Waals surface area contributed by atoms with Crippen LogP contribution in [0.25, 0.3) is 0 Å². The van der Waals surface area contributed by atoms with Crippen molar-refractivity contribution < 1.29 is 4.79 Å². The zero-order valence-corrected chi connectivity index (χ0v) is 12.1. The molecule has 0 aliphatic heterocycles. The molecular weight excluding hydrogens is 236 g/mol. The highest BCUT2D eigenvalue weighted by Crippen LogP contribution is 2.24. The molecule has 1 saturated carbocycles. The minimum atomic E-state index is -0.697. The molecule has 0 radical (unpaired) electrons. The molecule has 102 valence electrons. The molecule has 1 aliphatic carbocycles. The van der Waals surface area contributed by atoms with Crippen LogP contribution in [0.2, 0.25) is 0 Å². The van der Waals surface area contributed by atoms with Gasteiger partial charge in [0.15, 0.2) is 0 Å². The maximum Gasteiger partial charge on any atom is 0.240 e. The molecule has 1 fully saturated rings. The summed E-state index contributed by atoms with van der Waals surface area (Å²) in [5.41, 5.74) is 5.31. The maximum absolute atomic E-state index is 12.0. The molecule has 0 aromatic carbocycles. The minimum absolute atomic E-state index is 0. The lowest BCUT2D eigenvalue weighted by Gasteiger charge is -2.31. The zero-order valence-electron chi connectivity index (χ0n) is 11.3. The highest BCUT2D eigenvalue weighted by atomic mass is 35.5. The van der Waals surface area contributed by atoms with E-state index in [-0.39, 0.29) is 18.3 Å². The third-order valence-electron chi connectivity index (χ3n) is 3.64. The molecule has 1 amide bonds. The SMILES string of the molecule is CCCC(C)(N)C(=O)NC1CCC(C)CC1.Cl. The Morgan fingerprint density at radius 2 is 1.88 bits per heavy atom.